The molecule has 0 amide bonds. The number of Topliss-reactive ketones (excluding diaryl/α,β-unsaturated/α-hetero) is 1. The molecule has 0 saturated heterocycles. The number of anilines is 1. The van der Waals surface area contributed by atoms with Crippen molar-refractivity contribution in [1.82, 2.24) is 0 Å². The summed E-state index contributed by atoms with van der Waals surface area (Å²) in [6.07, 6.45) is 1.74. The SMILES string of the molecule is CCOC(=O)C1=C(N)N(c2ccc(F)cc2)C2=C(C(=O)CCC2)C1c1ccccc1. The molecule has 30 heavy (non-hydrogen) atoms. The van der Waals surface area contributed by atoms with E-state index >= 15 is 0 Å². The largest absolute Gasteiger partial charge is 0.463 e. The number of ketones is 1. The number of nitrogens with two attached hydrogens (primary N) is 1. The van der Waals surface area contributed by atoms with Crippen LogP contribution in [0.5, 0.6) is 0 Å². The minimum absolute atomic E-state index is 0.00786. The molecule has 1 atom stereocenters. The highest BCUT2D eigenvalue weighted by molar-refractivity contribution is 6.05. The first-order valence-corrected chi connectivity index (χ1v) is 10.1. The van der Waals surface area contributed by atoms with Gasteiger partial charge in [-0.3, -0.25) is 9.69 Å². The zero-order valence-corrected chi connectivity index (χ0v) is 16.7. The number of hydrogen-bond acceptors (Lipinski definition) is 5. The molecule has 5 nitrogen and oxygen atoms in total. The van der Waals surface area contributed by atoms with Crippen LogP contribution in [0.4, 0.5) is 10.1 Å². The molecule has 0 radical (unpaired) electrons. The highest BCUT2D eigenvalue weighted by atomic mass is 19.1. The first-order chi connectivity index (χ1) is 14.5. The Labute approximate surface area is 174 Å². The fourth-order valence-corrected chi connectivity index (χ4v) is 4.26. The lowest BCUT2D eigenvalue weighted by Gasteiger charge is -2.40. The Morgan fingerprint density at radius 3 is 2.50 bits per heavy atom. The third-order valence-corrected chi connectivity index (χ3v) is 5.51. The third kappa shape index (κ3) is 3.38. The van der Waals surface area contributed by atoms with Gasteiger partial charge >= 0.3 is 5.97 Å². The van der Waals surface area contributed by atoms with Crippen molar-refractivity contribution < 1.29 is 18.7 Å². The number of carbonyl (C=O) groups excluding carboxylic acids is 2. The van der Waals surface area contributed by atoms with Crippen LogP contribution in [0.1, 0.15) is 37.7 Å². The Bertz CT molecular complexity index is 1040. The first kappa shape index (κ1) is 19.9. The van der Waals surface area contributed by atoms with Gasteiger partial charge in [-0.15, -0.1) is 0 Å². The molecule has 0 saturated carbocycles. The molecule has 0 fully saturated rings. The van der Waals surface area contributed by atoms with E-state index in [4.69, 9.17) is 10.5 Å². The van der Waals surface area contributed by atoms with E-state index in [1.807, 2.05) is 30.3 Å². The van der Waals surface area contributed by atoms with Gasteiger partial charge in [-0.2, -0.15) is 0 Å². The topological polar surface area (TPSA) is 72.6 Å². The highest BCUT2D eigenvalue weighted by Crippen LogP contribution is 2.46. The van der Waals surface area contributed by atoms with Gasteiger partial charge in [0.05, 0.1) is 18.1 Å². The molecule has 1 aliphatic carbocycles. The molecule has 1 aliphatic heterocycles. The fourth-order valence-electron chi connectivity index (χ4n) is 4.26. The number of esters is 1. The van der Waals surface area contributed by atoms with Gasteiger partial charge in [-0.25, -0.2) is 9.18 Å². The molecular weight excluding hydrogens is 383 g/mol. The second-order valence-electron chi connectivity index (χ2n) is 7.31. The fraction of sp³-hybridized carbons (Fsp3) is 0.250. The van der Waals surface area contributed by atoms with Crippen molar-refractivity contribution in [2.45, 2.75) is 32.1 Å². The lowest BCUT2D eigenvalue weighted by molar-refractivity contribution is -0.138. The molecule has 0 spiro atoms. The summed E-state index contributed by atoms with van der Waals surface area (Å²) in [6.45, 7) is 1.91. The van der Waals surface area contributed by atoms with Crippen LogP contribution in [-0.4, -0.2) is 18.4 Å². The van der Waals surface area contributed by atoms with E-state index in [0.717, 1.165) is 11.3 Å². The molecule has 0 bridgehead atoms. The highest BCUT2D eigenvalue weighted by Gasteiger charge is 2.42. The van der Waals surface area contributed by atoms with Crippen LogP contribution in [0.25, 0.3) is 0 Å². The zero-order chi connectivity index (χ0) is 21.3. The maximum absolute atomic E-state index is 13.5. The lowest BCUT2D eigenvalue weighted by atomic mass is 9.75. The molecule has 1 heterocycles. The number of rotatable bonds is 4. The van der Waals surface area contributed by atoms with Gasteiger partial charge in [0, 0.05) is 23.4 Å². The summed E-state index contributed by atoms with van der Waals surface area (Å²) in [5.74, 6) is -1.32. The van der Waals surface area contributed by atoms with Crippen LogP contribution in [0.3, 0.4) is 0 Å². The summed E-state index contributed by atoms with van der Waals surface area (Å²) in [7, 11) is 0. The summed E-state index contributed by atoms with van der Waals surface area (Å²) in [5, 5.41) is 0. The summed E-state index contributed by atoms with van der Waals surface area (Å²) in [6, 6.07) is 15.2. The molecule has 2 aromatic rings. The van der Waals surface area contributed by atoms with Gasteiger partial charge in [0.2, 0.25) is 0 Å². The number of halogens is 1. The van der Waals surface area contributed by atoms with Crippen molar-refractivity contribution in [2.24, 2.45) is 5.73 Å². The van der Waals surface area contributed by atoms with Crippen molar-refractivity contribution in [1.29, 1.82) is 0 Å². The Morgan fingerprint density at radius 2 is 1.83 bits per heavy atom. The predicted molar refractivity (Wildman–Crippen MR) is 112 cm³/mol. The van der Waals surface area contributed by atoms with Gasteiger partial charge in [-0.05, 0) is 49.6 Å². The third-order valence-electron chi connectivity index (χ3n) is 5.51. The quantitative estimate of drug-likeness (QED) is 0.772. The molecule has 2 aromatic carbocycles. The van der Waals surface area contributed by atoms with E-state index < -0.39 is 11.9 Å². The van der Waals surface area contributed by atoms with Crippen molar-refractivity contribution >= 4 is 17.4 Å². The van der Waals surface area contributed by atoms with Gasteiger partial charge in [0.25, 0.3) is 0 Å². The smallest absolute Gasteiger partial charge is 0.338 e. The minimum Gasteiger partial charge on any atom is -0.463 e. The van der Waals surface area contributed by atoms with E-state index in [1.165, 1.54) is 12.1 Å². The summed E-state index contributed by atoms with van der Waals surface area (Å²) in [5.41, 5.74) is 9.54. The molecule has 154 valence electrons. The normalized spacial score (nSPS) is 19.1. The van der Waals surface area contributed by atoms with E-state index in [-0.39, 0.29) is 29.6 Å². The average molecular weight is 406 g/mol. The summed E-state index contributed by atoms with van der Waals surface area (Å²) >= 11 is 0. The summed E-state index contributed by atoms with van der Waals surface area (Å²) < 4.78 is 18.9. The second-order valence-corrected chi connectivity index (χ2v) is 7.31. The van der Waals surface area contributed by atoms with Crippen molar-refractivity contribution in [3.05, 3.63) is 88.6 Å². The van der Waals surface area contributed by atoms with E-state index in [9.17, 15) is 14.0 Å². The number of carbonyl (C=O) groups is 2. The Kier molecular flexibility index (Phi) is 5.40. The zero-order valence-electron chi connectivity index (χ0n) is 16.7. The van der Waals surface area contributed by atoms with Crippen molar-refractivity contribution in [3.8, 4) is 0 Å². The van der Waals surface area contributed by atoms with Crippen LogP contribution in [-0.2, 0) is 14.3 Å². The number of ether oxygens (including phenoxy) is 1. The Balaban J connectivity index is 1.98. The van der Waals surface area contributed by atoms with E-state index in [2.05, 4.69) is 0 Å². The van der Waals surface area contributed by atoms with Crippen LogP contribution in [0, 0.1) is 5.82 Å². The van der Waals surface area contributed by atoms with E-state index in [1.54, 1.807) is 24.0 Å². The molecule has 6 heteroatoms. The molecule has 0 aromatic heterocycles. The van der Waals surface area contributed by atoms with Gasteiger partial charge < -0.3 is 10.5 Å². The van der Waals surface area contributed by atoms with Gasteiger partial charge in [-0.1, -0.05) is 30.3 Å². The first-order valence-electron chi connectivity index (χ1n) is 10.1. The van der Waals surface area contributed by atoms with Crippen LogP contribution < -0.4 is 10.6 Å². The number of hydrogen-bond donors (Lipinski definition) is 1. The average Bonchev–Trinajstić information content (AvgIpc) is 2.75. The van der Waals surface area contributed by atoms with Crippen molar-refractivity contribution in [3.63, 3.8) is 0 Å². The van der Waals surface area contributed by atoms with Crippen LogP contribution in [0.15, 0.2) is 77.3 Å². The van der Waals surface area contributed by atoms with Gasteiger partial charge in [0.15, 0.2) is 5.78 Å². The Hall–Kier alpha value is -3.41. The summed E-state index contributed by atoms with van der Waals surface area (Å²) in [4.78, 5) is 27.8. The van der Waals surface area contributed by atoms with Gasteiger partial charge in [0.1, 0.15) is 11.6 Å². The van der Waals surface area contributed by atoms with Crippen LogP contribution >= 0.6 is 0 Å². The van der Waals surface area contributed by atoms with Crippen LogP contribution in [0.2, 0.25) is 0 Å². The minimum atomic E-state index is -0.593. The number of nitrogens with zero attached hydrogens (tertiary/aromatic N) is 1. The molecule has 4 rings (SSSR count). The lowest BCUT2D eigenvalue weighted by Crippen LogP contribution is -2.41. The molecule has 2 N–H and O–H groups in total. The maximum atomic E-state index is 13.5. The number of allylic oxidation sites excluding steroid dienone is 2. The predicted octanol–water partition coefficient (Wildman–Crippen LogP) is 4.17. The number of benzene rings is 2. The monoisotopic (exact) mass is 406 g/mol. The van der Waals surface area contributed by atoms with E-state index in [0.29, 0.717) is 30.5 Å². The molecule has 1 unspecified atom stereocenters. The van der Waals surface area contributed by atoms with Crippen molar-refractivity contribution in [2.75, 3.05) is 11.5 Å². The standard InChI is InChI=1S/C24H23FN2O3/c1-2-30-24(29)22-20(15-7-4-3-5-8-15)21-18(9-6-10-19(21)28)27(23(22)26)17-13-11-16(25)12-14-17/h3-5,7-8,11-14,20H,2,6,9-10,26H2,1H3. The second kappa shape index (κ2) is 8.14. The Morgan fingerprint density at radius 1 is 1.13 bits per heavy atom. The molecular formula is C24H23FN2O3. The molecule has 2 aliphatic rings. The maximum Gasteiger partial charge on any atom is 0.338 e.